The maximum Gasteiger partial charge on any atom is 0.251 e. The highest BCUT2D eigenvalue weighted by atomic mass is 32.1. The van der Waals surface area contributed by atoms with Crippen LogP contribution in [0.25, 0.3) is 0 Å². The molecule has 0 spiro atoms. The summed E-state index contributed by atoms with van der Waals surface area (Å²) in [7, 11) is 0. The van der Waals surface area contributed by atoms with E-state index in [9.17, 15) is 9.59 Å². The third kappa shape index (κ3) is 4.72. The molecule has 0 aliphatic carbocycles. The molecule has 1 unspecified atom stereocenters. The maximum atomic E-state index is 11.9. The van der Waals surface area contributed by atoms with Gasteiger partial charge in [0.05, 0.1) is 0 Å². The van der Waals surface area contributed by atoms with E-state index in [2.05, 4.69) is 10.6 Å². The number of hydrogen-bond acceptors (Lipinski definition) is 3. The first-order valence-electron chi connectivity index (χ1n) is 6.83. The molecular formula is C16H18N2O2S. The summed E-state index contributed by atoms with van der Waals surface area (Å²) in [6.45, 7) is 2.26. The Morgan fingerprint density at radius 2 is 1.90 bits per heavy atom. The minimum Gasteiger partial charge on any atom is -0.354 e. The molecule has 1 aromatic carbocycles. The molecule has 0 aliphatic heterocycles. The summed E-state index contributed by atoms with van der Waals surface area (Å²) in [4.78, 5) is 25.1. The van der Waals surface area contributed by atoms with Crippen molar-refractivity contribution < 1.29 is 9.59 Å². The van der Waals surface area contributed by atoms with Crippen molar-refractivity contribution in [2.24, 2.45) is 0 Å². The molecule has 110 valence electrons. The molecule has 4 nitrogen and oxygen atoms in total. The number of nitrogens with one attached hydrogen (secondary N) is 2. The van der Waals surface area contributed by atoms with Gasteiger partial charge in [0, 0.05) is 17.0 Å². The van der Waals surface area contributed by atoms with E-state index in [-0.39, 0.29) is 11.8 Å². The number of rotatable bonds is 6. The summed E-state index contributed by atoms with van der Waals surface area (Å²) in [6.07, 6.45) is 0.808. The monoisotopic (exact) mass is 302 g/mol. The molecular weight excluding hydrogens is 284 g/mol. The lowest BCUT2D eigenvalue weighted by Gasteiger charge is -2.14. The first-order valence-corrected chi connectivity index (χ1v) is 7.71. The molecule has 1 aromatic heterocycles. The van der Waals surface area contributed by atoms with Gasteiger partial charge in [-0.2, -0.15) is 0 Å². The quantitative estimate of drug-likeness (QED) is 0.859. The molecule has 21 heavy (non-hydrogen) atoms. The Bertz CT molecular complexity index is 582. The molecule has 1 heterocycles. The fourth-order valence-corrected chi connectivity index (χ4v) is 2.56. The van der Waals surface area contributed by atoms with Crippen molar-refractivity contribution in [2.45, 2.75) is 19.4 Å². The SMILES string of the molecule is CC(NC(=O)c1ccccc1)C(=O)NCCc1cccs1. The van der Waals surface area contributed by atoms with Crippen LogP contribution in [0.1, 0.15) is 22.2 Å². The van der Waals surface area contributed by atoms with E-state index >= 15 is 0 Å². The van der Waals surface area contributed by atoms with E-state index in [1.165, 1.54) is 4.88 Å². The van der Waals surface area contributed by atoms with Crippen molar-refractivity contribution >= 4 is 23.2 Å². The number of benzene rings is 1. The third-order valence-electron chi connectivity index (χ3n) is 3.03. The molecule has 0 radical (unpaired) electrons. The van der Waals surface area contributed by atoms with Gasteiger partial charge in [0.2, 0.25) is 5.91 Å². The maximum absolute atomic E-state index is 11.9. The molecule has 5 heteroatoms. The summed E-state index contributed by atoms with van der Waals surface area (Å²) in [5.74, 6) is -0.410. The summed E-state index contributed by atoms with van der Waals surface area (Å²) in [5, 5.41) is 7.54. The first kappa shape index (κ1) is 15.3. The summed E-state index contributed by atoms with van der Waals surface area (Å²) in [5.41, 5.74) is 0.552. The number of carbonyl (C=O) groups excluding carboxylic acids is 2. The van der Waals surface area contributed by atoms with Crippen LogP contribution in [0, 0.1) is 0 Å². The molecule has 2 N–H and O–H groups in total. The topological polar surface area (TPSA) is 58.2 Å². The summed E-state index contributed by atoms with van der Waals surface area (Å²) < 4.78 is 0. The van der Waals surface area contributed by atoms with Crippen LogP contribution in [0.4, 0.5) is 0 Å². The third-order valence-corrected chi connectivity index (χ3v) is 3.96. The van der Waals surface area contributed by atoms with Crippen LogP contribution in [0.2, 0.25) is 0 Å². The van der Waals surface area contributed by atoms with Crippen LogP contribution in [0.3, 0.4) is 0 Å². The van der Waals surface area contributed by atoms with E-state index in [1.807, 2.05) is 23.6 Å². The van der Waals surface area contributed by atoms with Gasteiger partial charge < -0.3 is 10.6 Å². The second kappa shape index (κ2) is 7.59. The zero-order chi connectivity index (χ0) is 15.1. The van der Waals surface area contributed by atoms with Crippen LogP contribution in [-0.4, -0.2) is 24.4 Å². The fraction of sp³-hybridized carbons (Fsp3) is 0.250. The van der Waals surface area contributed by atoms with E-state index in [0.717, 1.165) is 6.42 Å². The second-order valence-electron chi connectivity index (χ2n) is 4.68. The van der Waals surface area contributed by atoms with Crippen molar-refractivity contribution in [3.63, 3.8) is 0 Å². The van der Waals surface area contributed by atoms with Gasteiger partial charge in [-0.05, 0) is 36.9 Å². The smallest absolute Gasteiger partial charge is 0.251 e. The molecule has 2 amide bonds. The molecule has 0 aliphatic rings. The van der Waals surface area contributed by atoms with Crippen molar-refractivity contribution in [1.82, 2.24) is 10.6 Å². The van der Waals surface area contributed by atoms with Gasteiger partial charge in [0.1, 0.15) is 6.04 Å². The number of carbonyl (C=O) groups is 2. The van der Waals surface area contributed by atoms with E-state index in [1.54, 1.807) is 42.5 Å². The van der Waals surface area contributed by atoms with Crippen LogP contribution in [0.15, 0.2) is 47.8 Å². The minimum absolute atomic E-state index is 0.171. The van der Waals surface area contributed by atoms with Crippen molar-refractivity contribution in [3.05, 3.63) is 58.3 Å². The molecule has 0 bridgehead atoms. The van der Waals surface area contributed by atoms with Gasteiger partial charge in [-0.25, -0.2) is 0 Å². The Hall–Kier alpha value is -2.14. The lowest BCUT2D eigenvalue weighted by molar-refractivity contribution is -0.122. The van der Waals surface area contributed by atoms with Crippen LogP contribution in [0.5, 0.6) is 0 Å². The normalized spacial score (nSPS) is 11.7. The standard InChI is InChI=1S/C16H18N2O2S/c1-12(18-16(20)13-6-3-2-4-7-13)15(19)17-10-9-14-8-5-11-21-14/h2-8,11-12H,9-10H2,1H3,(H,17,19)(H,18,20). The van der Waals surface area contributed by atoms with E-state index in [0.29, 0.717) is 12.1 Å². The highest BCUT2D eigenvalue weighted by Crippen LogP contribution is 2.08. The van der Waals surface area contributed by atoms with E-state index < -0.39 is 6.04 Å². The van der Waals surface area contributed by atoms with Crippen molar-refractivity contribution in [1.29, 1.82) is 0 Å². The van der Waals surface area contributed by atoms with Crippen LogP contribution in [-0.2, 0) is 11.2 Å². The molecule has 0 saturated carbocycles. The molecule has 2 aromatic rings. The Kier molecular flexibility index (Phi) is 5.51. The van der Waals surface area contributed by atoms with Gasteiger partial charge in [0.25, 0.3) is 5.91 Å². The zero-order valence-corrected chi connectivity index (χ0v) is 12.7. The molecule has 1 atom stereocenters. The predicted octanol–water partition coefficient (Wildman–Crippen LogP) is 2.23. The Labute approximate surface area is 128 Å². The Morgan fingerprint density at radius 1 is 1.14 bits per heavy atom. The average molecular weight is 302 g/mol. The minimum atomic E-state index is -0.555. The van der Waals surface area contributed by atoms with Crippen molar-refractivity contribution in [2.75, 3.05) is 6.54 Å². The molecule has 0 saturated heterocycles. The lowest BCUT2D eigenvalue weighted by Crippen LogP contribution is -2.45. The number of thiophene rings is 1. The van der Waals surface area contributed by atoms with E-state index in [4.69, 9.17) is 0 Å². The highest BCUT2D eigenvalue weighted by Gasteiger charge is 2.15. The summed E-state index contributed by atoms with van der Waals surface area (Å²) in [6, 6.07) is 12.3. The van der Waals surface area contributed by atoms with Gasteiger partial charge in [-0.15, -0.1) is 11.3 Å². The highest BCUT2D eigenvalue weighted by molar-refractivity contribution is 7.09. The van der Waals surface area contributed by atoms with Crippen LogP contribution >= 0.6 is 11.3 Å². The molecule has 0 fully saturated rings. The first-order chi connectivity index (χ1) is 10.2. The van der Waals surface area contributed by atoms with Gasteiger partial charge in [0.15, 0.2) is 0 Å². The molecule has 2 rings (SSSR count). The van der Waals surface area contributed by atoms with Crippen LogP contribution < -0.4 is 10.6 Å². The fourth-order valence-electron chi connectivity index (χ4n) is 1.85. The van der Waals surface area contributed by atoms with Gasteiger partial charge >= 0.3 is 0 Å². The summed E-state index contributed by atoms with van der Waals surface area (Å²) >= 11 is 1.67. The second-order valence-corrected chi connectivity index (χ2v) is 5.71. The number of hydrogen-bond donors (Lipinski definition) is 2. The Balaban J connectivity index is 1.76. The van der Waals surface area contributed by atoms with Crippen molar-refractivity contribution in [3.8, 4) is 0 Å². The average Bonchev–Trinajstić information content (AvgIpc) is 3.01. The zero-order valence-electron chi connectivity index (χ0n) is 11.8. The largest absolute Gasteiger partial charge is 0.354 e. The van der Waals surface area contributed by atoms with Gasteiger partial charge in [-0.3, -0.25) is 9.59 Å². The Morgan fingerprint density at radius 3 is 2.57 bits per heavy atom. The van der Waals surface area contributed by atoms with Gasteiger partial charge in [-0.1, -0.05) is 24.3 Å². The predicted molar refractivity (Wildman–Crippen MR) is 84.4 cm³/mol. The lowest BCUT2D eigenvalue weighted by atomic mass is 10.2. The number of amides is 2.